The van der Waals surface area contributed by atoms with Crippen LogP contribution in [0.4, 0.5) is 11.7 Å². The number of likely N-dealkylation sites (N-methyl/N-ethyl adjacent to an activating group) is 1. The van der Waals surface area contributed by atoms with Gasteiger partial charge in [0.25, 0.3) is 6.01 Å². The lowest BCUT2D eigenvalue weighted by atomic mass is 10.1. The Morgan fingerprint density at radius 3 is 2.82 bits per heavy atom. The number of oxazole rings is 1. The zero-order chi connectivity index (χ0) is 24.1. The number of hydrogen-bond acceptors (Lipinski definition) is 8. The molecular formula is C25H29N5O4. The molecule has 0 spiro atoms. The number of benzene rings is 2. The molecule has 2 aromatic carbocycles. The Hall–Kier alpha value is -3.85. The van der Waals surface area contributed by atoms with Gasteiger partial charge in [0, 0.05) is 30.9 Å². The number of nitrogens with zero attached hydrogens (tertiary/aromatic N) is 3. The summed E-state index contributed by atoms with van der Waals surface area (Å²) in [6.45, 7) is 3.06. The van der Waals surface area contributed by atoms with Gasteiger partial charge >= 0.3 is 0 Å². The number of rotatable bonds is 9. The first-order valence-corrected chi connectivity index (χ1v) is 11.2. The van der Waals surface area contributed by atoms with Crippen LogP contribution in [0, 0.1) is 0 Å². The fourth-order valence-corrected chi connectivity index (χ4v) is 3.70. The maximum Gasteiger partial charge on any atom is 0.299 e. The van der Waals surface area contributed by atoms with Crippen LogP contribution in [0.25, 0.3) is 11.3 Å². The molecule has 3 N–H and O–H groups in total. The van der Waals surface area contributed by atoms with Crippen LogP contribution in [0.2, 0.25) is 0 Å². The number of methoxy groups -OCH3 is 1. The lowest BCUT2D eigenvalue weighted by Gasteiger charge is -2.17. The first-order valence-electron chi connectivity index (χ1n) is 11.2. The predicted molar refractivity (Wildman–Crippen MR) is 130 cm³/mol. The van der Waals surface area contributed by atoms with Gasteiger partial charge in [-0.15, -0.1) is 0 Å². The second kappa shape index (κ2) is 10.4. The van der Waals surface area contributed by atoms with Crippen LogP contribution in [0.1, 0.15) is 24.5 Å². The van der Waals surface area contributed by atoms with E-state index in [0.717, 1.165) is 28.8 Å². The van der Waals surface area contributed by atoms with E-state index in [4.69, 9.17) is 19.6 Å². The normalized spacial score (nSPS) is 14.9. The molecule has 0 saturated carbocycles. The van der Waals surface area contributed by atoms with Crippen molar-refractivity contribution in [2.24, 2.45) is 10.7 Å². The third kappa shape index (κ3) is 5.04. The number of nitrogens with one attached hydrogen (secondary N) is 1. The van der Waals surface area contributed by atoms with Crippen molar-refractivity contribution in [1.29, 1.82) is 0 Å². The van der Waals surface area contributed by atoms with Crippen molar-refractivity contribution in [2.75, 3.05) is 32.6 Å². The van der Waals surface area contributed by atoms with Crippen molar-refractivity contribution >= 4 is 23.5 Å². The van der Waals surface area contributed by atoms with Crippen molar-refractivity contribution in [2.45, 2.75) is 25.9 Å². The second-order valence-corrected chi connectivity index (χ2v) is 7.99. The molecule has 3 aromatic rings. The molecule has 4 rings (SSSR count). The zero-order valence-corrected chi connectivity index (χ0v) is 19.6. The van der Waals surface area contributed by atoms with Gasteiger partial charge in [-0.05, 0) is 24.1 Å². The fraction of sp³-hybridized carbons (Fsp3) is 0.320. The van der Waals surface area contributed by atoms with Gasteiger partial charge in [0.2, 0.25) is 11.8 Å². The van der Waals surface area contributed by atoms with E-state index in [9.17, 15) is 4.79 Å². The number of aromatic nitrogens is 1. The smallest absolute Gasteiger partial charge is 0.299 e. The summed E-state index contributed by atoms with van der Waals surface area (Å²) < 4.78 is 17.3. The average molecular weight is 464 g/mol. The molecule has 0 bridgehead atoms. The molecular weight excluding hydrogens is 434 g/mol. The van der Waals surface area contributed by atoms with Gasteiger partial charge in [-0.1, -0.05) is 31.2 Å². The number of carbonyl (C=O) groups is 1. The minimum atomic E-state index is -0.133. The van der Waals surface area contributed by atoms with Crippen LogP contribution in [0.5, 0.6) is 5.75 Å². The molecule has 1 aliphatic heterocycles. The zero-order valence-electron chi connectivity index (χ0n) is 19.6. The van der Waals surface area contributed by atoms with E-state index in [1.165, 1.54) is 0 Å². The van der Waals surface area contributed by atoms with Gasteiger partial charge < -0.3 is 29.8 Å². The molecule has 0 aliphatic carbocycles. The van der Waals surface area contributed by atoms with Gasteiger partial charge in [0.1, 0.15) is 12.4 Å². The highest BCUT2D eigenvalue weighted by atomic mass is 16.5. The quantitative estimate of drug-likeness (QED) is 0.498. The number of amides is 1. The lowest BCUT2D eigenvalue weighted by Crippen LogP contribution is -2.32. The Morgan fingerprint density at radius 2 is 2.09 bits per heavy atom. The number of ether oxygens (including phenoxy) is 2. The Balaban J connectivity index is 1.52. The lowest BCUT2D eigenvalue weighted by molar-refractivity contribution is -0.128. The van der Waals surface area contributed by atoms with Crippen molar-refractivity contribution in [3.05, 3.63) is 59.8 Å². The molecule has 1 atom stereocenters. The summed E-state index contributed by atoms with van der Waals surface area (Å²) in [5, 5.41) is 3.17. The molecule has 9 nitrogen and oxygen atoms in total. The molecule has 34 heavy (non-hydrogen) atoms. The monoisotopic (exact) mass is 463 g/mol. The number of nitrogens with two attached hydrogens (primary N) is 1. The summed E-state index contributed by atoms with van der Waals surface area (Å²) in [7, 11) is 3.34. The summed E-state index contributed by atoms with van der Waals surface area (Å²) in [5.74, 6) is 1.70. The number of aliphatic imine (C=N–C) groups is 1. The average Bonchev–Trinajstić information content (AvgIpc) is 3.53. The molecule has 9 heteroatoms. The predicted octanol–water partition coefficient (Wildman–Crippen LogP) is 3.57. The Bertz CT molecular complexity index is 1190. The molecule has 178 valence electrons. The summed E-state index contributed by atoms with van der Waals surface area (Å²) in [5.41, 5.74) is 8.83. The summed E-state index contributed by atoms with van der Waals surface area (Å²) in [6.07, 6.45) is 2.59. The SMILES string of the molecule is CCC1COC(c2ccc(Nc3ncc(-c4ccccc4CN(C)C(=O)CN)o3)cc2OC)=N1. The maximum absolute atomic E-state index is 11.9. The van der Waals surface area contributed by atoms with Crippen LogP contribution in [0.15, 0.2) is 58.1 Å². The van der Waals surface area contributed by atoms with Crippen molar-refractivity contribution in [3.8, 4) is 17.1 Å². The number of carbonyl (C=O) groups excluding carboxylic acids is 1. The van der Waals surface area contributed by atoms with Crippen molar-refractivity contribution < 1.29 is 18.7 Å². The molecule has 0 saturated heterocycles. The summed E-state index contributed by atoms with van der Waals surface area (Å²) in [6, 6.07) is 13.9. The highest BCUT2D eigenvalue weighted by Gasteiger charge is 2.22. The Labute approximate surface area is 198 Å². The molecule has 0 fully saturated rings. The van der Waals surface area contributed by atoms with Gasteiger partial charge in [-0.25, -0.2) is 9.98 Å². The van der Waals surface area contributed by atoms with Crippen LogP contribution < -0.4 is 15.8 Å². The van der Waals surface area contributed by atoms with Gasteiger partial charge in [-0.2, -0.15) is 0 Å². The maximum atomic E-state index is 11.9. The van der Waals surface area contributed by atoms with Crippen LogP contribution in [-0.2, 0) is 16.1 Å². The Kier molecular flexibility index (Phi) is 7.12. The van der Waals surface area contributed by atoms with Crippen LogP contribution in [-0.4, -0.2) is 55.0 Å². The first-order chi connectivity index (χ1) is 16.5. The molecule has 2 heterocycles. The fourth-order valence-electron chi connectivity index (χ4n) is 3.70. The highest BCUT2D eigenvalue weighted by molar-refractivity contribution is 5.98. The number of anilines is 2. The van der Waals surface area contributed by atoms with Crippen molar-refractivity contribution in [3.63, 3.8) is 0 Å². The molecule has 1 aromatic heterocycles. The Morgan fingerprint density at radius 1 is 1.26 bits per heavy atom. The van der Waals surface area contributed by atoms with Crippen LogP contribution >= 0.6 is 0 Å². The van der Waals surface area contributed by atoms with Crippen LogP contribution in [0.3, 0.4) is 0 Å². The van der Waals surface area contributed by atoms with Gasteiger partial charge in [0.05, 0.1) is 31.5 Å². The summed E-state index contributed by atoms with van der Waals surface area (Å²) in [4.78, 5) is 22.5. The minimum absolute atomic E-state index is 0.0318. The van der Waals surface area contributed by atoms with E-state index in [1.807, 2.05) is 42.5 Å². The third-order valence-electron chi connectivity index (χ3n) is 5.66. The van der Waals surface area contributed by atoms with E-state index in [2.05, 4.69) is 22.2 Å². The molecule has 1 amide bonds. The highest BCUT2D eigenvalue weighted by Crippen LogP contribution is 2.31. The topological polar surface area (TPSA) is 115 Å². The van der Waals surface area contributed by atoms with Gasteiger partial charge in [0.15, 0.2) is 5.76 Å². The van der Waals surface area contributed by atoms with E-state index in [1.54, 1.807) is 25.3 Å². The first kappa shape index (κ1) is 23.3. The van der Waals surface area contributed by atoms with Crippen molar-refractivity contribution in [1.82, 2.24) is 9.88 Å². The molecule has 0 radical (unpaired) electrons. The largest absolute Gasteiger partial charge is 0.496 e. The minimum Gasteiger partial charge on any atom is -0.496 e. The van der Waals surface area contributed by atoms with E-state index >= 15 is 0 Å². The molecule has 1 unspecified atom stereocenters. The van der Waals surface area contributed by atoms with Gasteiger partial charge in [-0.3, -0.25) is 4.79 Å². The molecule has 1 aliphatic rings. The second-order valence-electron chi connectivity index (χ2n) is 7.99. The number of hydrogen-bond donors (Lipinski definition) is 2. The van der Waals surface area contributed by atoms with E-state index in [0.29, 0.717) is 36.6 Å². The summed E-state index contributed by atoms with van der Waals surface area (Å²) >= 11 is 0. The van der Waals surface area contributed by atoms with E-state index in [-0.39, 0.29) is 18.5 Å². The third-order valence-corrected chi connectivity index (χ3v) is 5.66. The standard InChI is InChI=1S/C25H29N5O4/c1-4-17-15-33-24(28-17)20-10-9-18(11-21(20)32-3)29-25-27-13-22(34-25)19-8-6-5-7-16(19)14-30(2)23(31)12-26/h5-11,13,17H,4,12,14-15,26H2,1-3H3,(H,27,29). The van der Waals surface area contributed by atoms with E-state index < -0.39 is 0 Å².